The molecule has 1 rings (SSSR count). The Labute approximate surface area is 90.6 Å². The molecule has 0 aromatic heterocycles. The number of benzene rings is 1. The lowest BCUT2D eigenvalue weighted by atomic mass is 10.2. The number of methoxy groups -OCH3 is 1. The van der Waals surface area contributed by atoms with Crippen LogP contribution in [0.25, 0.3) is 0 Å². The molecule has 0 spiro atoms. The van der Waals surface area contributed by atoms with Gasteiger partial charge in [0.1, 0.15) is 5.56 Å². The molecule has 0 N–H and O–H groups in total. The van der Waals surface area contributed by atoms with Crippen LogP contribution in [0, 0.1) is 10.1 Å². The highest BCUT2D eigenvalue weighted by Gasteiger charge is 2.24. The molecule has 0 unspecified atom stereocenters. The Hall–Kier alpha value is -1.56. The third-order valence-electron chi connectivity index (χ3n) is 1.81. The van der Waals surface area contributed by atoms with Crippen molar-refractivity contribution in [3.05, 3.63) is 33.9 Å². The number of para-hydroxylation sites is 1. The minimum atomic E-state index is -0.697. The predicted molar refractivity (Wildman–Crippen MR) is 56.2 cm³/mol. The second-order valence-corrected chi connectivity index (χ2v) is 3.45. The summed E-state index contributed by atoms with van der Waals surface area (Å²) in [7, 11) is 1.19. The molecule has 0 saturated carbocycles. The highest BCUT2D eigenvalue weighted by atomic mass is 32.2. The molecule has 0 bridgehead atoms. The van der Waals surface area contributed by atoms with Gasteiger partial charge in [0.15, 0.2) is 0 Å². The fourth-order valence-corrected chi connectivity index (χ4v) is 1.74. The molecule has 0 radical (unpaired) electrons. The molecular formula is C9H9NO4S. The Kier molecular flexibility index (Phi) is 3.68. The summed E-state index contributed by atoms with van der Waals surface area (Å²) >= 11 is 1.22. The van der Waals surface area contributed by atoms with Gasteiger partial charge in [-0.15, -0.1) is 11.8 Å². The van der Waals surface area contributed by atoms with E-state index in [4.69, 9.17) is 0 Å². The molecule has 15 heavy (non-hydrogen) atoms. The molecule has 0 atom stereocenters. The summed E-state index contributed by atoms with van der Waals surface area (Å²) in [5, 5.41) is 10.8. The quantitative estimate of drug-likeness (QED) is 0.342. The number of hydrogen-bond acceptors (Lipinski definition) is 5. The number of esters is 1. The molecule has 0 amide bonds. The van der Waals surface area contributed by atoms with Crippen molar-refractivity contribution >= 4 is 23.4 Å². The average molecular weight is 227 g/mol. The van der Waals surface area contributed by atoms with Gasteiger partial charge >= 0.3 is 5.97 Å². The number of nitro groups is 1. The van der Waals surface area contributed by atoms with Gasteiger partial charge in [-0.2, -0.15) is 0 Å². The van der Waals surface area contributed by atoms with Crippen LogP contribution in [-0.4, -0.2) is 24.3 Å². The first-order chi connectivity index (χ1) is 7.11. The van der Waals surface area contributed by atoms with Crippen LogP contribution < -0.4 is 0 Å². The molecule has 80 valence electrons. The number of carbonyl (C=O) groups excluding carboxylic acids is 1. The van der Waals surface area contributed by atoms with Crippen LogP contribution in [0.3, 0.4) is 0 Å². The third-order valence-corrected chi connectivity index (χ3v) is 2.58. The predicted octanol–water partition coefficient (Wildman–Crippen LogP) is 2.10. The first-order valence-electron chi connectivity index (χ1n) is 4.01. The number of ether oxygens (including phenoxy) is 1. The number of nitro benzene ring substituents is 1. The van der Waals surface area contributed by atoms with E-state index in [1.54, 1.807) is 18.4 Å². The van der Waals surface area contributed by atoms with Crippen molar-refractivity contribution in [3.63, 3.8) is 0 Å². The summed E-state index contributed by atoms with van der Waals surface area (Å²) < 4.78 is 4.47. The summed E-state index contributed by atoms with van der Waals surface area (Å²) in [5.41, 5.74) is -0.216. The lowest BCUT2D eigenvalue weighted by Crippen LogP contribution is -2.06. The van der Waals surface area contributed by atoms with Crippen molar-refractivity contribution in [2.75, 3.05) is 13.4 Å². The van der Waals surface area contributed by atoms with Gasteiger partial charge in [-0.05, 0) is 18.4 Å². The summed E-state index contributed by atoms with van der Waals surface area (Å²) in [4.78, 5) is 22.0. The zero-order valence-corrected chi connectivity index (χ0v) is 9.04. The fraction of sp³-hybridized carbons (Fsp3) is 0.222. The number of rotatable bonds is 3. The minimum Gasteiger partial charge on any atom is -0.465 e. The van der Waals surface area contributed by atoms with Crippen LogP contribution in [0.15, 0.2) is 23.1 Å². The molecule has 0 saturated heterocycles. The monoisotopic (exact) mass is 227 g/mol. The van der Waals surface area contributed by atoms with Gasteiger partial charge < -0.3 is 4.74 Å². The van der Waals surface area contributed by atoms with E-state index >= 15 is 0 Å². The van der Waals surface area contributed by atoms with Crippen molar-refractivity contribution < 1.29 is 14.5 Å². The van der Waals surface area contributed by atoms with Gasteiger partial charge in [-0.1, -0.05) is 6.07 Å². The Balaban J connectivity index is 3.38. The largest absolute Gasteiger partial charge is 0.465 e. The Morgan fingerprint density at radius 2 is 2.20 bits per heavy atom. The van der Waals surface area contributed by atoms with E-state index in [2.05, 4.69) is 4.74 Å². The van der Waals surface area contributed by atoms with E-state index in [-0.39, 0.29) is 11.3 Å². The Morgan fingerprint density at radius 3 is 2.67 bits per heavy atom. The molecule has 5 nitrogen and oxygen atoms in total. The van der Waals surface area contributed by atoms with Gasteiger partial charge in [-0.3, -0.25) is 10.1 Å². The van der Waals surface area contributed by atoms with Crippen molar-refractivity contribution in [3.8, 4) is 0 Å². The summed E-state index contributed by atoms with van der Waals surface area (Å²) in [6.07, 6.45) is 1.71. The Bertz CT molecular complexity index is 405. The van der Waals surface area contributed by atoms with E-state index in [9.17, 15) is 14.9 Å². The second-order valence-electron chi connectivity index (χ2n) is 2.61. The molecule has 1 aromatic carbocycles. The van der Waals surface area contributed by atoms with Crippen molar-refractivity contribution in [1.82, 2.24) is 0 Å². The van der Waals surface area contributed by atoms with Crippen LogP contribution in [-0.2, 0) is 4.74 Å². The molecule has 0 aliphatic rings. The minimum absolute atomic E-state index is 0.0191. The maximum absolute atomic E-state index is 11.3. The van der Waals surface area contributed by atoms with Gasteiger partial charge in [0.25, 0.3) is 5.69 Å². The highest BCUT2D eigenvalue weighted by Crippen LogP contribution is 2.31. The van der Waals surface area contributed by atoms with Crippen molar-refractivity contribution in [2.45, 2.75) is 4.90 Å². The number of carbonyl (C=O) groups is 1. The summed E-state index contributed by atoms with van der Waals surface area (Å²) in [6.45, 7) is 0. The van der Waals surface area contributed by atoms with Gasteiger partial charge in [0, 0.05) is 0 Å². The van der Waals surface area contributed by atoms with Crippen LogP contribution >= 0.6 is 11.8 Å². The standard InChI is InChI=1S/C9H9NO4S/c1-14-9(11)6-4-3-5-7(15-2)8(6)10(12)13/h3-5H,1-2H3. The van der Waals surface area contributed by atoms with E-state index in [1.165, 1.54) is 24.9 Å². The van der Waals surface area contributed by atoms with Gasteiger partial charge in [0.2, 0.25) is 0 Å². The number of hydrogen-bond donors (Lipinski definition) is 0. The zero-order chi connectivity index (χ0) is 11.4. The van der Waals surface area contributed by atoms with E-state index in [0.717, 1.165) is 0 Å². The molecule has 0 fully saturated rings. The fourth-order valence-electron chi connectivity index (χ4n) is 1.15. The molecule has 0 aliphatic heterocycles. The van der Waals surface area contributed by atoms with Crippen LogP contribution in [0.5, 0.6) is 0 Å². The average Bonchev–Trinajstić information content (AvgIpc) is 2.26. The van der Waals surface area contributed by atoms with E-state index in [0.29, 0.717) is 4.90 Å². The maximum Gasteiger partial charge on any atom is 0.344 e. The lowest BCUT2D eigenvalue weighted by Gasteiger charge is -2.03. The molecular weight excluding hydrogens is 218 g/mol. The number of thioether (sulfide) groups is 1. The molecule has 1 aromatic rings. The lowest BCUT2D eigenvalue weighted by molar-refractivity contribution is -0.388. The third kappa shape index (κ3) is 2.27. The van der Waals surface area contributed by atoms with Crippen molar-refractivity contribution in [2.24, 2.45) is 0 Å². The summed E-state index contributed by atoms with van der Waals surface area (Å²) in [6, 6.07) is 4.56. The Morgan fingerprint density at radius 1 is 1.53 bits per heavy atom. The first kappa shape index (κ1) is 11.5. The van der Waals surface area contributed by atoms with Crippen LogP contribution in [0.2, 0.25) is 0 Å². The van der Waals surface area contributed by atoms with E-state index < -0.39 is 10.9 Å². The maximum atomic E-state index is 11.3. The molecule has 0 heterocycles. The SMILES string of the molecule is COC(=O)c1cccc(SC)c1[N+](=O)[O-]. The van der Waals surface area contributed by atoms with Crippen LogP contribution in [0.1, 0.15) is 10.4 Å². The normalized spacial score (nSPS) is 9.73. The topological polar surface area (TPSA) is 69.4 Å². The van der Waals surface area contributed by atoms with Gasteiger partial charge in [-0.25, -0.2) is 4.79 Å². The second kappa shape index (κ2) is 4.79. The highest BCUT2D eigenvalue weighted by molar-refractivity contribution is 7.98. The van der Waals surface area contributed by atoms with Crippen LogP contribution in [0.4, 0.5) is 5.69 Å². The van der Waals surface area contributed by atoms with E-state index in [1.807, 2.05) is 0 Å². The smallest absolute Gasteiger partial charge is 0.344 e. The number of nitrogens with zero attached hydrogens (tertiary/aromatic N) is 1. The zero-order valence-electron chi connectivity index (χ0n) is 8.22. The van der Waals surface area contributed by atoms with Crippen molar-refractivity contribution in [1.29, 1.82) is 0 Å². The van der Waals surface area contributed by atoms with Gasteiger partial charge in [0.05, 0.1) is 16.9 Å². The first-order valence-corrected chi connectivity index (χ1v) is 5.24. The summed E-state index contributed by atoms with van der Waals surface area (Å²) in [5.74, 6) is -0.697. The molecule has 6 heteroatoms. The molecule has 0 aliphatic carbocycles.